The zero-order valence-electron chi connectivity index (χ0n) is 22.1. The predicted molar refractivity (Wildman–Crippen MR) is 145 cm³/mol. The molecule has 0 fully saturated rings. The zero-order chi connectivity index (χ0) is 27.2. The van der Waals surface area contributed by atoms with Crippen molar-refractivity contribution in [2.75, 3.05) is 31.5 Å². The number of nitrogens with zero attached hydrogens (tertiary/aromatic N) is 3. The fourth-order valence-electron chi connectivity index (χ4n) is 3.56. The maximum atomic E-state index is 13.8. The average molecular weight is 537 g/mol. The lowest BCUT2D eigenvalue weighted by molar-refractivity contribution is -0.139. The van der Waals surface area contributed by atoms with Gasteiger partial charge in [-0.15, -0.1) is 0 Å². The van der Waals surface area contributed by atoms with Crippen molar-refractivity contribution in [3.05, 3.63) is 64.2 Å². The van der Waals surface area contributed by atoms with Crippen LogP contribution < -0.4 is 9.62 Å². The minimum Gasteiger partial charge on any atom is -0.354 e. The molecule has 0 heterocycles. The fraction of sp³-hybridized carbons (Fsp3) is 0.462. The Balaban J connectivity index is 2.49. The normalized spacial score (nSPS) is 12.5. The number of anilines is 1. The summed E-state index contributed by atoms with van der Waals surface area (Å²) in [5, 5.41) is 3.37. The van der Waals surface area contributed by atoms with Crippen LogP contribution in [0.3, 0.4) is 0 Å². The van der Waals surface area contributed by atoms with E-state index in [4.69, 9.17) is 11.6 Å². The summed E-state index contributed by atoms with van der Waals surface area (Å²) in [5.74, 6) is -0.579. The topological polar surface area (TPSA) is 90.0 Å². The first-order valence-corrected chi connectivity index (χ1v) is 13.6. The molecule has 2 aromatic carbocycles. The van der Waals surface area contributed by atoms with Crippen molar-refractivity contribution in [1.29, 1.82) is 0 Å². The minimum absolute atomic E-state index is 0.0955. The summed E-state index contributed by atoms with van der Waals surface area (Å²) in [7, 11) is -1.17. The SMILES string of the molecule is Cc1ccc(C)c(N(CC(=O)N(Cc2cccc(Cl)c2)[C@@H](C)C(=O)NCC(C)C)S(=O)(=O)N(C)C)c1. The molecular weight excluding hydrogens is 500 g/mol. The van der Waals surface area contributed by atoms with Gasteiger partial charge in [0.15, 0.2) is 0 Å². The second-order valence-corrected chi connectivity index (χ2v) is 12.1. The summed E-state index contributed by atoms with van der Waals surface area (Å²) in [5.41, 5.74) is 2.71. The van der Waals surface area contributed by atoms with Crippen molar-refractivity contribution in [1.82, 2.24) is 14.5 Å². The molecule has 0 radical (unpaired) electrons. The third kappa shape index (κ3) is 7.69. The lowest BCUT2D eigenvalue weighted by Gasteiger charge is -2.33. The zero-order valence-corrected chi connectivity index (χ0v) is 23.7. The Morgan fingerprint density at radius 2 is 1.69 bits per heavy atom. The van der Waals surface area contributed by atoms with E-state index in [1.54, 1.807) is 38.1 Å². The van der Waals surface area contributed by atoms with Crippen molar-refractivity contribution in [3.63, 3.8) is 0 Å². The fourth-order valence-corrected chi connectivity index (χ4v) is 4.88. The molecule has 2 rings (SSSR count). The van der Waals surface area contributed by atoms with Gasteiger partial charge >= 0.3 is 10.2 Å². The lowest BCUT2D eigenvalue weighted by atomic mass is 10.1. The molecule has 10 heteroatoms. The Labute approximate surface area is 220 Å². The number of benzene rings is 2. The number of hydrogen-bond donors (Lipinski definition) is 1. The van der Waals surface area contributed by atoms with E-state index >= 15 is 0 Å². The van der Waals surface area contributed by atoms with Gasteiger partial charge in [0.05, 0.1) is 5.69 Å². The highest BCUT2D eigenvalue weighted by Gasteiger charge is 2.33. The summed E-state index contributed by atoms with van der Waals surface area (Å²) in [6, 6.07) is 11.6. The Hall–Kier alpha value is -2.62. The monoisotopic (exact) mass is 536 g/mol. The van der Waals surface area contributed by atoms with Crippen LogP contribution in [0.25, 0.3) is 0 Å². The van der Waals surface area contributed by atoms with Gasteiger partial charge in [0, 0.05) is 32.2 Å². The van der Waals surface area contributed by atoms with Gasteiger partial charge in [-0.25, -0.2) is 4.31 Å². The van der Waals surface area contributed by atoms with Crippen molar-refractivity contribution < 1.29 is 18.0 Å². The highest BCUT2D eigenvalue weighted by atomic mass is 35.5. The van der Waals surface area contributed by atoms with E-state index in [-0.39, 0.29) is 18.4 Å². The number of hydrogen-bond acceptors (Lipinski definition) is 4. The molecule has 0 saturated carbocycles. The first-order chi connectivity index (χ1) is 16.7. The molecule has 0 aliphatic rings. The number of rotatable bonds is 11. The molecule has 0 aliphatic carbocycles. The molecule has 2 amide bonds. The quantitative estimate of drug-likeness (QED) is 0.473. The molecule has 36 heavy (non-hydrogen) atoms. The summed E-state index contributed by atoms with van der Waals surface area (Å²) >= 11 is 6.15. The first kappa shape index (κ1) is 29.6. The second kappa shape index (κ2) is 12.6. The van der Waals surface area contributed by atoms with Crippen molar-refractivity contribution in [2.45, 2.75) is 47.2 Å². The molecule has 1 N–H and O–H groups in total. The maximum Gasteiger partial charge on any atom is 0.304 e. The number of aryl methyl sites for hydroxylation is 2. The summed E-state index contributed by atoms with van der Waals surface area (Å²) in [6.45, 7) is 9.35. The van der Waals surface area contributed by atoms with Gasteiger partial charge in [0.2, 0.25) is 11.8 Å². The van der Waals surface area contributed by atoms with Gasteiger partial charge in [-0.1, -0.05) is 49.7 Å². The number of carbonyl (C=O) groups excluding carboxylic acids is 2. The second-order valence-electron chi connectivity index (χ2n) is 9.55. The van der Waals surface area contributed by atoms with Crippen LogP contribution in [0.1, 0.15) is 37.5 Å². The molecule has 0 unspecified atom stereocenters. The highest BCUT2D eigenvalue weighted by Crippen LogP contribution is 2.26. The van der Waals surface area contributed by atoms with E-state index in [9.17, 15) is 18.0 Å². The summed E-state index contributed by atoms with van der Waals surface area (Å²) < 4.78 is 28.8. The Morgan fingerprint density at radius 1 is 1.03 bits per heavy atom. The van der Waals surface area contributed by atoms with Gasteiger partial charge in [0.1, 0.15) is 12.6 Å². The van der Waals surface area contributed by atoms with Gasteiger partial charge < -0.3 is 10.2 Å². The molecule has 0 aliphatic heterocycles. The largest absolute Gasteiger partial charge is 0.354 e. The van der Waals surface area contributed by atoms with Crippen LogP contribution >= 0.6 is 11.6 Å². The maximum absolute atomic E-state index is 13.8. The Morgan fingerprint density at radius 3 is 2.28 bits per heavy atom. The molecular formula is C26H37ClN4O4S. The van der Waals surface area contributed by atoms with Crippen LogP contribution in [0.2, 0.25) is 5.02 Å². The van der Waals surface area contributed by atoms with Crippen LogP contribution in [0.4, 0.5) is 5.69 Å². The van der Waals surface area contributed by atoms with Gasteiger partial charge in [-0.05, 0) is 61.6 Å². The van der Waals surface area contributed by atoms with Crippen molar-refractivity contribution in [3.8, 4) is 0 Å². The number of carbonyl (C=O) groups is 2. The molecule has 1 atom stereocenters. The van der Waals surface area contributed by atoms with E-state index in [0.29, 0.717) is 22.8 Å². The van der Waals surface area contributed by atoms with E-state index in [2.05, 4.69) is 5.32 Å². The first-order valence-electron chi connectivity index (χ1n) is 11.8. The van der Waals surface area contributed by atoms with Crippen LogP contribution in [-0.4, -0.2) is 62.7 Å². The third-order valence-electron chi connectivity index (χ3n) is 5.75. The predicted octanol–water partition coefficient (Wildman–Crippen LogP) is 3.76. The number of halogens is 1. The Kier molecular flexibility index (Phi) is 10.3. The average Bonchev–Trinajstić information content (AvgIpc) is 2.80. The van der Waals surface area contributed by atoms with E-state index < -0.39 is 28.7 Å². The molecule has 0 bridgehead atoms. The van der Waals surface area contributed by atoms with Crippen molar-refractivity contribution >= 4 is 39.3 Å². The highest BCUT2D eigenvalue weighted by molar-refractivity contribution is 7.90. The standard InChI is InChI=1S/C26H37ClN4O4S/c1-18(2)15-28-26(33)21(5)30(16-22-9-8-10-23(27)14-22)25(32)17-31(36(34,35)29(6)7)24-13-19(3)11-12-20(24)4/h8-14,18,21H,15-17H2,1-7H3,(H,28,33)/t21-/m0/s1. The minimum atomic E-state index is -4.01. The summed E-state index contributed by atoms with van der Waals surface area (Å²) in [4.78, 5) is 28.1. The van der Waals surface area contributed by atoms with Crippen LogP contribution in [0.15, 0.2) is 42.5 Å². The molecule has 198 valence electrons. The summed E-state index contributed by atoms with van der Waals surface area (Å²) in [6.07, 6.45) is 0. The van der Waals surface area contributed by atoms with E-state index in [1.165, 1.54) is 19.0 Å². The lowest BCUT2D eigenvalue weighted by Crippen LogP contribution is -2.52. The van der Waals surface area contributed by atoms with E-state index in [0.717, 1.165) is 19.7 Å². The van der Waals surface area contributed by atoms with Crippen LogP contribution in [0.5, 0.6) is 0 Å². The van der Waals surface area contributed by atoms with Crippen molar-refractivity contribution in [2.24, 2.45) is 5.92 Å². The number of amides is 2. The molecule has 0 saturated heterocycles. The van der Waals surface area contributed by atoms with Crippen LogP contribution in [-0.2, 0) is 26.3 Å². The van der Waals surface area contributed by atoms with Crippen LogP contribution in [0, 0.1) is 19.8 Å². The Bertz CT molecular complexity index is 1180. The molecule has 2 aromatic rings. The van der Waals surface area contributed by atoms with Gasteiger partial charge in [-0.3, -0.25) is 9.59 Å². The molecule has 0 aromatic heterocycles. The smallest absolute Gasteiger partial charge is 0.304 e. The van der Waals surface area contributed by atoms with Gasteiger partial charge in [0.25, 0.3) is 0 Å². The third-order valence-corrected chi connectivity index (χ3v) is 7.79. The molecule has 0 spiro atoms. The van der Waals surface area contributed by atoms with Gasteiger partial charge in [-0.2, -0.15) is 12.7 Å². The number of nitrogens with one attached hydrogen (secondary N) is 1. The molecule has 8 nitrogen and oxygen atoms in total. The van der Waals surface area contributed by atoms with E-state index in [1.807, 2.05) is 39.0 Å².